The Morgan fingerprint density at radius 1 is 0.322 bits per heavy atom. The van der Waals surface area contributed by atoms with E-state index in [-0.39, 0.29) is 18.5 Å². The van der Waals surface area contributed by atoms with Crippen LogP contribution in [0.3, 0.4) is 0 Å². The van der Waals surface area contributed by atoms with Crippen LogP contribution in [0.2, 0.25) is 0 Å². The van der Waals surface area contributed by atoms with Crippen LogP contribution >= 0.6 is 0 Å². The maximum atomic E-state index is 12.5. The minimum Gasteiger partial charge on any atom is -0.466 e. The summed E-state index contributed by atoms with van der Waals surface area (Å²) < 4.78 is 5.48. The van der Waals surface area contributed by atoms with Gasteiger partial charge in [0.15, 0.2) is 0 Å². The Labute approximate surface area is 544 Å². The van der Waals surface area contributed by atoms with Gasteiger partial charge in [0.25, 0.3) is 0 Å². The normalized spacial score (nSPS) is 12.6. The number of carbonyl (C=O) groups is 2. The van der Waals surface area contributed by atoms with Gasteiger partial charge in [0.05, 0.1) is 25.4 Å². The van der Waals surface area contributed by atoms with E-state index in [1.165, 1.54) is 366 Å². The van der Waals surface area contributed by atoms with Crippen LogP contribution < -0.4 is 5.32 Å². The van der Waals surface area contributed by atoms with E-state index in [4.69, 9.17) is 4.74 Å². The topological polar surface area (TPSA) is 95.9 Å². The van der Waals surface area contributed by atoms with Gasteiger partial charge in [-0.25, -0.2) is 0 Å². The molecule has 0 spiro atoms. The summed E-state index contributed by atoms with van der Waals surface area (Å²) in [5.74, 6) is -0.0504. The van der Waals surface area contributed by atoms with E-state index in [1.54, 1.807) is 6.08 Å². The highest BCUT2D eigenvalue weighted by Gasteiger charge is 2.18. The first-order valence-corrected chi connectivity index (χ1v) is 39.8. The molecule has 6 heteroatoms. The first-order chi connectivity index (χ1) is 43.0. The fourth-order valence-electron chi connectivity index (χ4n) is 12.6. The molecule has 0 saturated heterocycles. The molecule has 1 amide bonds. The SMILES string of the molecule is CCC/C=C\C/C=C\CCCCCCCC(=O)OCCCCCCCCCCCCCCCCCCCCCCCCCCCCCCCCCCCCCC(=O)NC(CO)C(O)/C=C/CCCCCCCCCCCCCCCCCCCCCC. The molecular formula is C81H155NO5. The summed E-state index contributed by atoms with van der Waals surface area (Å²) in [6.07, 6.45) is 99.9. The number of aliphatic hydroxyl groups is 2. The largest absolute Gasteiger partial charge is 0.466 e. The zero-order valence-corrected chi connectivity index (χ0v) is 59.0. The Kier molecular flexibility index (Phi) is 74.8. The molecule has 0 rings (SSSR count). The second-order valence-electron chi connectivity index (χ2n) is 27.4. The van der Waals surface area contributed by atoms with E-state index in [1.807, 2.05) is 6.08 Å². The first kappa shape index (κ1) is 85.1. The lowest BCUT2D eigenvalue weighted by atomic mass is 10.0. The Morgan fingerprint density at radius 3 is 0.920 bits per heavy atom. The van der Waals surface area contributed by atoms with Gasteiger partial charge in [-0.2, -0.15) is 0 Å². The van der Waals surface area contributed by atoms with Crippen molar-refractivity contribution in [2.45, 2.75) is 456 Å². The molecule has 2 atom stereocenters. The van der Waals surface area contributed by atoms with Crippen molar-refractivity contribution in [1.29, 1.82) is 0 Å². The fraction of sp³-hybridized carbons (Fsp3) is 0.901. The van der Waals surface area contributed by atoms with Crippen LogP contribution in [0, 0.1) is 0 Å². The van der Waals surface area contributed by atoms with Crippen LogP contribution in [0.25, 0.3) is 0 Å². The lowest BCUT2D eigenvalue weighted by Crippen LogP contribution is -2.45. The van der Waals surface area contributed by atoms with E-state index in [9.17, 15) is 19.8 Å². The molecule has 6 nitrogen and oxygen atoms in total. The molecule has 3 N–H and O–H groups in total. The highest BCUT2D eigenvalue weighted by atomic mass is 16.5. The molecule has 0 saturated carbocycles. The average molecular weight is 1220 g/mol. The molecule has 0 radical (unpaired) electrons. The highest BCUT2D eigenvalue weighted by molar-refractivity contribution is 5.76. The molecule has 0 fully saturated rings. The van der Waals surface area contributed by atoms with Crippen LogP contribution in [0.1, 0.15) is 444 Å². The molecule has 0 aromatic rings. The van der Waals surface area contributed by atoms with Crippen LogP contribution in [-0.2, 0) is 14.3 Å². The number of carbonyl (C=O) groups excluding carboxylic acids is 2. The smallest absolute Gasteiger partial charge is 0.305 e. The zero-order valence-electron chi connectivity index (χ0n) is 59.0. The molecule has 2 unspecified atom stereocenters. The predicted molar refractivity (Wildman–Crippen MR) is 384 cm³/mol. The summed E-state index contributed by atoms with van der Waals surface area (Å²) in [6, 6.07) is -0.625. The van der Waals surface area contributed by atoms with E-state index in [0.717, 1.165) is 51.4 Å². The predicted octanol–water partition coefficient (Wildman–Crippen LogP) is 26.2. The van der Waals surface area contributed by atoms with Gasteiger partial charge in [-0.3, -0.25) is 9.59 Å². The molecule has 0 aromatic carbocycles. The highest BCUT2D eigenvalue weighted by Crippen LogP contribution is 2.20. The van der Waals surface area contributed by atoms with Crippen molar-refractivity contribution >= 4 is 11.9 Å². The zero-order chi connectivity index (χ0) is 62.8. The number of esters is 1. The number of nitrogens with one attached hydrogen (secondary N) is 1. The van der Waals surface area contributed by atoms with Crippen molar-refractivity contribution in [1.82, 2.24) is 5.32 Å². The third kappa shape index (κ3) is 73.0. The summed E-state index contributed by atoms with van der Waals surface area (Å²) in [5, 5.41) is 23.3. The van der Waals surface area contributed by atoms with Crippen LogP contribution in [-0.4, -0.2) is 47.4 Å². The summed E-state index contributed by atoms with van der Waals surface area (Å²) in [5.41, 5.74) is 0. The second-order valence-corrected chi connectivity index (χ2v) is 27.4. The molecule has 87 heavy (non-hydrogen) atoms. The van der Waals surface area contributed by atoms with Gasteiger partial charge in [-0.1, -0.05) is 410 Å². The minimum absolute atomic E-state index is 0.00750. The maximum absolute atomic E-state index is 12.5. The van der Waals surface area contributed by atoms with Crippen molar-refractivity contribution < 1.29 is 24.5 Å². The van der Waals surface area contributed by atoms with E-state index < -0.39 is 12.1 Å². The van der Waals surface area contributed by atoms with Crippen LogP contribution in [0.4, 0.5) is 0 Å². The number of hydrogen-bond acceptors (Lipinski definition) is 5. The van der Waals surface area contributed by atoms with Crippen LogP contribution in [0.5, 0.6) is 0 Å². The van der Waals surface area contributed by atoms with Gasteiger partial charge in [0.1, 0.15) is 0 Å². The van der Waals surface area contributed by atoms with Gasteiger partial charge in [-0.15, -0.1) is 0 Å². The number of amides is 1. The third-order valence-corrected chi connectivity index (χ3v) is 18.6. The van der Waals surface area contributed by atoms with Crippen molar-refractivity contribution in [3.63, 3.8) is 0 Å². The minimum atomic E-state index is -0.842. The average Bonchev–Trinajstić information content (AvgIpc) is 3.54. The van der Waals surface area contributed by atoms with Gasteiger partial charge in [-0.05, 0) is 57.8 Å². The molecule has 0 aliphatic heterocycles. The lowest BCUT2D eigenvalue weighted by molar-refractivity contribution is -0.143. The van der Waals surface area contributed by atoms with Gasteiger partial charge < -0.3 is 20.3 Å². The third-order valence-electron chi connectivity index (χ3n) is 18.6. The Hall–Kier alpha value is -1.92. The number of ether oxygens (including phenoxy) is 1. The standard InChI is InChI=1S/C81H155NO5/c1-3-5-7-9-11-13-15-17-18-19-20-21-37-40-43-46-50-53-57-61-65-69-73-79(84)78(77-83)82-80(85)74-70-66-62-58-54-51-47-44-41-38-35-33-31-29-27-25-23-22-24-26-28-30-32-34-36-39-42-45-48-52-56-60-64-68-72-76-87-81(86)75-71-67-63-59-55-49-16-14-12-10-8-6-4-2/h8,10,14,16,69,73,78-79,83-84H,3-7,9,11-13,15,17-68,70-72,74-77H2,1-2H3,(H,82,85)/b10-8-,16-14-,73-69+. The van der Waals surface area contributed by atoms with Crippen molar-refractivity contribution in [2.24, 2.45) is 0 Å². The summed E-state index contributed by atoms with van der Waals surface area (Å²) in [7, 11) is 0. The number of allylic oxidation sites excluding steroid dienone is 5. The second kappa shape index (κ2) is 76.5. The van der Waals surface area contributed by atoms with Gasteiger partial charge in [0, 0.05) is 12.8 Å². The number of unbranched alkanes of at least 4 members (excludes halogenated alkanes) is 60. The Balaban J connectivity index is 3.34. The van der Waals surface area contributed by atoms with Crippen molar-refractivity contribution in [2.75, 3.05) is 13.2 Å². The number of rotatable bonds is 75. The van der Waals surface area contributed by atoms with E-state index in [0.29, 0.717) is 19.4 Å². The van der Waals surface area contributed by atoms with Crippen LogP contribution in [0.15, 0.2) is 36.5 Å². The summed E-state index contributed by atoms with van der Waals surface area (Å²) in [4.78, 5) is 24.6. The van der Waals surface area contributed by atoms with Gasteiger partial charge >= 0.3 is 5.97 Å². The molecule has 0 aromatic heterocycles. The Morgan fingerprint density at radius 2 is 0.598 bits per heavy atom. The monoisotopic (exact) mass is 1220 g/mol. The molecule has 0 aliphatic carbocycles. The molecule has 514 valence electrons. The van der Waals surface area contributed by atoms with Gasteiger partial charge in [0.2, 0.25) is 5.91 Å². The van der Waals surface area contributed by atoms with E-state index >= 15 is 0 Å². The quantitative estimate of drug-likeness (QED) is 0.0320. The first-order valence-electron chi connectivity index (χ1n) is 39.8. The number of aliphatic hydroxyl groups excluding tert-OH is 2. The Bertz CT molecular complexity index is 1410. The fourth-order valence-corrected chi connectivity index (χ4v) is 12.6. The molecule has 0 bridgehead atoms. The number of hydrogen-bond donors (Lipinski definition) is 3. The molecular weight excluding hydrogens is 1070 g/mol. The summed E-state index contributed by atoms with van der Waals surface area (Å²) in [6.45, 7) is 4.88. The lowest BCUT2D eigenvalue weighted by Gasteiger charge is -2.20. The maximum Gasteiger partial charge on any atom is 0.305 e. The molecule has 0 aliphatic rings. The molecule has 0 heterocycles. The summed E-state index contributed by atoms with van der Waals surface area (Å²) >= 11 is 0. The van der Waals surface area contributed by atoms with Crippen molar-refractivity contribution in [3.8, 4) is 0 Å². The van der Waals surface area contributed by atoms with E-state index in [2.05, 4.69) is 43.5 Å². The van der Waals surface area contributed by atoms with Crippen molar-refractivity contribution in [3.05, 3.63) is 36.5 Å².